The van der Waals surface area contributed by atoms with Gasteiger partial charge in [-0.15, -0.1) is 11.8 Å². The van der Waals surface area contributed by atoms with Gasteiger partial charge in [-0.3, -0.25) is 57.7 Å². The van der Waals surface area contributed by atoms with Crippen LogP contribution in [0.2, 0.25) is 0 Å². The van der Waals surface area contributed by atoms with Crippen molar-refractivity contribution in [2.24, 2.45) is 57.9 Å². The normalized spacial score (nSPS) is 26.5. The van der Waals surface area contributed by atoms with E-state index in [9.17, 15) is 29.1 Å². The number of likely N-dealkylation sites (N-methyl/N-ethyl adjacent to an activating group) is 7. The lowest BCUT2D eigenvalue weighted by atomic mass is 9.91. The number of hydrogen-bond donors (Lipinski definition) is 7. The minimum absolute atomic E-state index is 0.0211. The molecule has 0 bridgehead atoms. The zero-order chi connectivity index (χ0) is 71.3. The van der Waals surface area contributed by atoms with E-state index in [1.165, 1.54) is 87.7 Å². The van der Waals surface area contributed by atoms with E-state index in [1.807, 2.05) is 55.4 Å². The van der Waals surface area contributed by atoms with Gasteiger partial charge < -0.3 is 72.1 Å². The zero-order valence-electron chi connectivity index (χ0n) is 59.9. The summed E-state index contributed by atoms with van der Waals surface area (Å²) in [6.45, 7) is 29.7. The van der Waals surface area contributed by atoms with Gasteiger partial charge >= 0.3 is 0 Å². The van der Waals surface area contributed by atoms with Gasteiger partial charge in [0.25, 0.3) is 5.91 Å². The van der Waals surface area contributed by atoms with Gasteiger partial charge in [0, 0.05) is 55.1 Å². The molecule has 1 rings (SSSR count). The average molecular weight is 1320 g/mol. The molecule has 0 aliphatic carbocycles. The number of rotatable bonds is 19. The van der Waals surface area contributed by atoms with Crippen LogP contribution in [0.4, 0.5) is 0 Å². The summed E-state index contributed by atoms with van der Waals surface area (Å²) in [5.74, 6) is -10.4. The molecule has 1 fully saturated rings. The molecule has 92 heavy (non-hydrogen) atoms. The average Bonchev–Trinajstić information content (AvgIpc) is 0.861. The van der Waals surface area contributed by atoms with E-state index in [-0.39, 0.29) is 80.5 Å². The molecule has 1 saturated heterocycles. The molecule has 0 saturated carbocycles. The fourth-order valence-electron chi connectivity index (χ4n) is 11.2. The maximum atomic E-state index is 15.3. The number of guanidine groups is 1. The Hall–Kier alpha value is -6.51. The molecule has 0 radical (unpaired) electrons. The van der Waals surface area contributed by atoms with E-state index < -0.39 is 155 Å². The first-order chi connectivity index (χ1) is 42.5. The molecule has 13 atom stereocenters. The second-order valence-electron chi connectivity index (χ2n) is 27.3. The molecule has 0 aromatic carbocycles. The Labute approximate surface area is 553 Å². The second kappa shape index (κ2) is 38.6. The van der Waals surface area contributed by atoms with Gasteiger partial charge in [-0.2, -0.15) is 0 Å². The number of carbonyl (C=O) groups excluding carboxylic acids is 11. The first-order valence-electron chi connectivity index (χ1n) is 32.6. The minimum atomic E-state index is -1.67. The molecule has 26 nitrogen and oxygen atoms in total. The van der Waals surface area contributed by atoms with Crippen molar-refractivity contribution in [2.75, 3.05) is 61.6 Å². The quantitative estimate of drug-likeness (QED) is 0.0423. The third-order valence-corrected chi connectivity index (χ3v) is 18.1. The van der Waals surface area contributed by atoms with Crippen molar-refractivity contribution < 1.29 is 57.8 Å². The van der Waals surface area contributed by atoms with Crippen LogP contribution in [0, 0.1) is 41.4 Å². The predicted molar refractivity (Wildman–Crippen MR) is 361 cm³/mol. The SMILES string of the molecule is C/C=C/C[C@@H](C)[C@@H](O)C1C(=O)N[C@H](CC)C(=O)N(C)C(SCCN=C(N)N)C(=O)N(C)[C@@H](CC(C)C)C(=O)N[C@H](C(C)C)C(=O)N(C)C(CC(C)C)C(=O)N[C@H](C)C(=O)N[C@@H](C)C(=O)N(C)[C@H](CC(C)C)C(=O)N(C)[C@H](CC(C)C)C(=O)N(C)[C@@H](C(C)C)C(=O)N1C. The van der Waals surface area contributed by atoms with Crippen LogP contribution in [-0.2, 0) is 52.7 Å². The van der Waals surface area contributed by atoms with Gasteiger partial charge in [0.05, 0.1) is 12.6 Å². The smallest absolute Gasteiger partial charge is 0.256 e. The number of hydrogen-bond acceptors (Lipinski definition) is 14. The summed E-state index contributed by atoms with van der Waals surface area (Å²) in [4.78, 5) is 176. The van der Waals surface area contributed by atoms with Crippen LogP contribution in [0.5, 0.6) is 0 Å². The maximum Gasteiger partial charge on any atom is 0.256 e. The van der Waals surface area contributed by atoms with Gasteiger partial charge in [0.15, 0.2) is 11.3 Å². The van der Waals surface area contributed by atoms with E-state index in [4.69, 9.17) is 11.5 Å². The van der Waals surface area contributed by atoms with Crippen LogP contribution < -0.4 is 32.7 Å². The fourth-order valence-corrected chi connectivity index (χ4v) is 12.3. The highest BCUT2D eigenvalue weighted by Crippen LogP contribution is 2.27. The van der Waals surface area contributed by atoms with Crippen molar-refractivity contribution in [3.05, 3.63) is 12.2 Å². The number of nitrogens with zero attached hydrogens (tertiary/aromatic N) is 8. The maximum absolute atomic E-state index is 15.3. The third-order valence-electron chi connectivity index (χ3n) is 16.9. The highest BCUT2D eigenvalue weighted by molar-refractivity contribution is 8.00. The van der Waals surface area contributed by atoms with Gasteiger partial charge in [0.1, 0.15) is 60.4 Å². The van der Waals surface area contributed by atoms with Crippen LogP contribution in [0.3, 0.4) is 0 Å². The highest BCUT2D eigenvalue weighted by Gasteiger charge is 2.46. The van der Waals surface area contributed by atoms with Gasteiger partial charge in [-0.05, 0) is 101 Å². The van der Waals surface area contributed by atoms with E-state index in [0.29, 0.717) is 0 Å². The highest BCUT2D eigenvalue weighted by atomic mass is 32.2. The Kier molecular flexibility index (Phi) is 35.1. The van der Waals surface area contributed by atoms with E-state index in [1.54, 1.807) is 60.6 Å². The number of nitrogens with one attached hydrogen (secondary N) is 4. The Morgan fingerprint density at radius 2 is 0.924 bits per heavy atom. The molecule has 1 heterocycles. The number of nitrogens with two attached hydrogens (primary N) is 2. The molecular formula is C65H118N14O12S. The first kappa shape index (κ1) is 83.5. The number of aliphatic hydroxyl groups is 1. The van der Waals surface area contributed by atoms with Crippen molar-refractivity contribution in [3.8, 4) is 0 Å². The predicted octanol–water partition coefficient (Wildman–Crippen LogP) is 2.60. The lowest BCUT2D eigenvalue weighted by Gasteiger charge is -2.41. The number of carbonyl (C=O) groups is 11. The van der Waals surface area contributed by atoms with Crippen LogP contribution in [-0.4, -0.2) is 244 Å². The van der Waals surface area contributed by atoms with Crippen molar-refractivity contribution in [1.82, 2.24) is 55.6 Å². The Bertz CT molecular complexity index is 2560. The molecule has 1 aliphatic heterocycles. The number of amides is 11. The molecule has 1 aliphatic rings. The molecule has 0 aromatic heterocycles. The van der Waals surface area contributed by atoms with Crippen LogP contribution in [0.15, 0.2) is 17.1 Å². The summed E-state index contributed by atoms with van der Waals surface area (Å²) in [5.41, 5.74) is 11.3. The van der Waals surface area contributed by atoms with Crippen LogP contribution in [0.25, 0.3) is 0 Å². The van der Waals surface area contributed by atoms with Gasteiger partial charge in [0.2, 0.25) is 59.1 Å². The molecular weight excluding hydrogens is 1200 g/mol. The summed E-state index contributed by atoms with van der Waals surface area (Å²) in [6, 6.07) is -12.8. The Morgan fingerprint density at radius 3 is 1.37 bits per heavy atom. The largest absolute Gasteiger partial charge is 0.390 e. The minimum Gasteiger partial charge on any atom is -0.390 e. The van der Waals surface area contributed by atoms with E-state index >= 15 is 28.8 Å². The van der Waals surface area contributed by atoms with Crippen molar-refractivity contribution in [2.45, 2.75) is 228 Å². The van der Waals surface area contributed by atoms with Crippen LogP contribution >= 0.6 is 11.8 Å². The second-order valence-corrected chi connectivity index (χ2v) is 28.5. The number of aliphatic hydroxyl groups excluding tert-OH is 1. The Morgan fingerprint density at radius 1 is 0.500 bits per heavy atom. The Balaban J connectivity index is 4.54. The van der Waals surface area contributed by atoms with Crippen molar-refractivity contribution in [1.29, 1.82) is 0 Å². The number of thioether (sulfide) groups is 1. The van der Waals surface area contributed by atoms with Crippen molar-refractivity contribution in [3.63, 3.8) is 0 Å². The third kappa shape index (κ3) is 23.8. The molecule has 11 amide bonds. The topological polar surface area (TPSA) is 343 Å². The van der Waals surface area contributed by atoms with Crippen LogP contribution in [0.1, 0.15) is 156 Å². The summed E-state index contributed by atoms with van der Waals surface area (Å²) in [5, 5.41) is 21.9. The monoisotopic (exact) mass is 1320 g/mol. The van der Waals surface area contributed by atoms with Gasteiger partial charge in [-0.1, -0.05) is 109 Å². The van der Waals surface area contributed by atoms with E-state index in [2.05, 4.69) is 26.3 Å². The lowest BCUT2D eigenvalue weighted by molar-refractivity contribution is -0.157. The first-order valence-corrected chi connectivity index (χ1v) is 33.6. The standard InChI is InChI=1S/C65H118N14O12S/c1-25-27-28-41(15)52(80)51-56(84)71-44(26-2)58(86)79(24)64(92-30-29-68-65(66)67)63(91)74(19)46(32-36(5)6)55(83)72-49(39(11)12)61(89)73(18)45(31-35(3)4)54(82)69-42(16)53(81)70-43(17)57(85)75(20)47(33-37(7)8)59(87)76(21)48(34-38(9)10)60(88)77(22)50(40(13)14)62(90)78(51)23/h25,27,35-52,64,80H,26,28-34H2,1-24H3,(H,69,82)(H,70,81)(H,71,84)(H,72,83)(H4,66,67,68)/b27-25+/t41-,42-,43+,44-,45?,46+,47-,48-,49-,50+,51?,52-,64?/m1/s1. The number of aliphatic imine (C=N–C) groups is 1. The molecule has 526 valence electrons. The zero-order valence-corrected chi connectivity index (χ0v) is 60.7. The van der Waals surface area contributed by atoms with E-state index in [0.717, 1.165) is 21.6 Å². The summed E-state index contributed by atoms with van der Waals surface area (Å²) >= 11 is 0.992. The summed E-state index contributed by atoms with van der Waals surface area (Å²) < 4.78 is 0. The molecule has 27 heteroatoms. The summed E-state index contributed by atoms with van der Waals surface area (Å²) in [6.07, 6.45) is 2.76. The fraction of sp³-hybridized carbons (Fsp3) is 0.785. The number of allylic oxidation sites excluding steroid dienone is 2. The molecule has 9 N–H and O–H groups in total. The van der Waals surface area contributed by atoms with Gasteiger partial charge in [-0.25, -0.2) is 0 Å². The van der Waals surface area contributed by atoms with Crippen molar-refractivity contribution >= 4 is 82.7 Å². The molecule has 0 spiro atoms. The lowest BCUT2D eigenvalue weighted by Crippen LogP contribution is -2.64. The molecule has 3 unspecified atom stereocenters. The summed E-state index contributed by atoms with van der Waals surface area (Å²) in [7, 11) is 9.86. The molecule has 0 aromatic rings.